The van der Waals surface area contributed by atoms with Crippen molar-refractivity contribution in [2.45, 2.75) is 45.6 Å². The van der Waals surface area contributed by atoms with E-state index in [2.05, 4.69) is 14.9 Å². The second-order valence-corrected chi connectivity index (χ2v) is 4.72. The maximum absolute atomic E-state index is 10.9. The normalized spacial score (nSPS) is 19.2. The molecule has 1 fully saturated rings. The Labute approximate surface area is 107 Å². The number of hydrogen-bond acceptors (Lipinski definition) is 4. The first-order chi connectivity index (χ1) is 8.60. The number of carbonyl (C=O) groups is 1. The summed E-state index contributed by atoms with van der Waals surface area (Å²) in [5.74, 6) is 0.961. The van der Waals surface area contributed by atoms with Crippen LogP contribution in [0.15, 0.2) is 6.07 Å². The van der Waals surface area contributed by atoms with Crippen LogP contribution < -0.4 is 4.90 Å². The zero-order valence-corrected chi connectivity index (χ0v) is 10.9. The highest BCUT2D eigenvalue weighted by molar-refractivity contribution is 5.68. The van der Waals surface area contributed by atoms with E-state index in [1.807, 2.05) is 19.9 Å². The first-order valence-corrected chi connectivity index (χ1v) is 6.43. The quantitative estimate of drug-likeness (QED) is 0.881. The molecule has 1 aliphatic heterocycles. The Kier molecular flexibility index (Phi) is 3.79. The molecule has 0 aromatic carbocycles. The molecule has 1 aliphatic rings. The molecular formula is C13H19N3O2. The third-order valence-corrected chi connectivity index (χ3v) is 3.28. The van der Waals surface area contributed by atoms with Gasteiger partial charge < -0.3 is 10.0 Å². The van der Waals surface area contributed by atoms with E-state index < -0.39 is 5.97 Å². The van der Waals surface area contributed by atoms with Gasteiger partial charge in [-0.15, -0.1) is 0 Å². The van der Waals surface area contributed by atoms with Crippen LogP contribution in [0.2, 0.25) is 0 Å². The lowest BCUT2D eigenvalue weighted by molar-refractivity contribution is -0.137. The number of anilines is 1. The molecule has 2 heterocycles. The summed E-state index contributed by atoms with van der Waals surface area (Å²) < 4.78 is 0. The molecule has 1 unspecified atom stereocenters. The molecule has 2 rings (SSSR count). The molecule has 18 heavy (non-hydrogen) atoms. The molecule has 0 spiro atoms. The Morgan fingerprint density at radius 3 is 3.00 bits per heavy atom. The molecule has 1 saturated heterocycles. The van der Waals surface area contributed by atoms with Gasteiger partial charge in [0.2, 0.25) is 0 Å². The number of nitrogens with zero attached hydrogens (tertiary/aromatic N) is 3. The monoisotopic (exact) mass is 249 g/mol. The number of rotatable bonds is 4. The molecule has 0 aliphatic carbocycles. The molecule has 0 saturated carbocycles. The SMILES string of the molecule is CCc1nc(C)cc(N2CCCC2CC(=O)O)n1. The van der Waals surface area contributed by atoms with Crippen molar-refractivity contribution in [3.63, 3.8) is 0 Å². The van der Waals surface area contributed by atoms with Crippen LogP contribution in [0.3, 0.4) is 0 Å². The summed E-state index contributed by atoms with van der Waals surface area (Å²) >= 11 is 0. The van der Waals surface area contributed by atoms with Crippen molar-refractivity contribution in [1.82, 2.24) is 9.97 Å². The number of carboxylic acid groups (broad SMARTS) is 1. The van der Waals surface area contributed by atoms with Gasteiger partial charge in [0, 0.05) is 30.8 Å². The Morgan fingerprint density at radius 2 is 2.33 bits per heavy atom. The van der Waals surface area contributed by atoms with Crippen LogP contribution in [0.1, 0.15) is 37.7 Å². The van der Waals surface area contributed by atoms with Crippen molar-refractivity contribution >= 4 is 11.8 Å². The van der Waals surface area contributed by atoms with Gasteiger partial charge in [0.15, 0.2) is 0 Å². The van der Waals surface area contributed by atoms with Crippen LogP contribution >= 0.6 is 0 Å². The van der Waals surface area contributed by atoms with Gasteiger partial charge in [0.25, 0.3) is 0 Å². The average Bonchev–Trinajstić information content (AvgIpc) is 2.75. The molecule has 1 N–H and O–H groups in total. The summed E-state index contributed by atoms with van der Waals surface area (Å²) in [6.45, 7) is 4.86. The lowest BCUT2D eigenvalue weighted by atomic mass is 10.1. The average molecular weight is 249 g/mol. The topological polar surface area (TPSA) is 66.3 Å². The van der Waals surface area contributed by atoms with Crippen molar-refractivity contribution in [1.29, 1.82) is 0 Å². The van der Waals surface area contributed by atoms with Crippen LogP contribution in [-0.4, -0.2) is 33.6 Å². The fourth-order valence-electron chi connectivity index (χ4n) is 2.47. The van der Waals surface area contributed by atoms with E-state index in [1.54, 1.807) is 0 Å². The van der Waals surface area contributed by atoms with E-state index >= 15 is 0 Å². The van der Waals surface area contributed by atoms with Gasteiger partial charge in [0.05, 0.1) is 6.42 Å². The number of aromatic nitrogens is 2. The van der Waals surface area contributed by atoms with Crippen LogP contribution in [-0.2, 0) is 11.2 Å². The summed E-state index contributed by atoms with van der Waals surface area (Å²) in [6, 6.07) is 2.01. The van der Waals surface area contributed by atoms with Crippen molar-refractivity contribution in [2.75, 3.05) is 11.4 Å². The number of hydrogen-bond donors (Lipinski definition) is 1. The third-order valence-electron chi connectivity index (χ3n) is 3.28. The molecule has 1 aromatic heterocycles. The third kappa shape index (κ3) is 2.78. The van der Waals surface area contributed by atoms with Crippen molar-refractivity contribution in [3.05, 3.63) is 17.6 Å². The molecule has 0 amide bonds. The minimum Gasteiger partial charge on any atom is -0.481 e. The highest BCUT2D eigenvalue weighted by Crippen LogP contribution is 2.26. The molecule has 5 nitrogen and oxygen atoms in total. The Hall–Kier alpha value is -1.65. The van der Waals surface area contributed by atoms with Crippen molar-refractivity contribution < 1.29 is 9.90 Å². The largest absolute Gasteiger partial charge is 0.481 e. The predicted molar refractivity (Wildman–Crippen MR) is 68.8 cm³/mol. The second kappa shape index (κ2) is 5.33. The highest BCUT2D eigenvalue weighted by atomic mass is 16.4. The van der Waals surface area contributed by atoms with Gasteiger partial charge in [-0.3, -0.25) is 4.79 Å². The lowest BCUT2D eigenvalue weighted by Gasteiger charge is -2.25. The minimum absolute atomic E-state index is 0.0708. The Balaban J connectivity index is 2.24. The maximum atomic E-state index is 10.9. The molecular weight excluding hydrogens is 230 g/mol. The summed E-state index contributed by atoms with van der Waals surface area (Å²) in [7, 11) is 0. The number of aryl methyl sites for hydroxylation is 2. The first-order valence-electron chi connectivity index (χ1n) is 6.43. The lowest BCUT2D eigenvalue weighted by Crippen LogP contribution is -2.32. The maximum Gasteiger partial charge on any atom is 0.305 e. The van der Waals surface area contributed by atoms with Gasteiger partial charge in [-0.05, 0) is 19.8 Å². The molecule has 0 radical (unpaired) electrons. The second-order valence-electron chi connectivity index (χ2n) is 4.72. The van der Waals surface area contributed by atoms with Gasteiger partial charge >= 0.3 is 5.97 Å². The first kappa shape index (κ1) is 12.8. The summed E-state index contributed by atoms with van der Waals surface area (Å²) in [5, 5.41) is 8.93. The van der Waals surface area contributed by atoms with Crippen molar-refractivity contribution in [3.8, 4) is 0 Å². The van der Waals surface area contributed by atoms with E-state index in [9.17, 15) is 4.79 Å². The zero-order chi connectivity index (χ0) is 13.1. The standard InChI is InChI=1S/C13H19N3O2/c1-3-11-14-9(2)7-12(15-11)16-6-4-5-10(16)8-13(17)18/h7,10H,3-6,8H2,1-2H3,(H,17,18). The van der Waals surface area contributed by atoms with Crippen LogP contribution in [0, 0.1) is 6.92 Å². The minimum atomic E-state index is -0.742. The summed E-state index contributed by atoms with van der Waals surface area (Å²) in [4.78, 5) is 21.8. The van der Waals surface area contributed by atoms with E-state index in [-0.39, 0.29) is 12.5 Å². The van der Waals surface area contributed by atoms with Gasteiger partial charge in [0.1, 0.15) is 11.6 Å². The van der Waals surface area contributed by atoms with E-state index in [0.29, 0.717) is 0 Å². The van der Waals surface area contributed by atoms with E-state index in [4.69, 9.17) is 5.11 Å². The van der Waals surface area contributed by atoms with Crippen LogP contribution in [0.4, 0.5) is 5.82 Å². The van der Waals surface area contributed by atoms with Gasteiger partial charge in [-0.2, -0.15) is 0 Å². The van der Waals surface area contributed by atoms with Crippen molar-refractivity contribution in [2.24, 2.45) is 0 Å². The highest BCUT2D eigenvalue weighted by Gasteiger charge is 2.27. The number of carboxylic acids is 1. The summed E-state index contributed by atoms with van der Waals surface area (Å²) in [5.41, 5.74) is 0.942. The van der Waals surface area contributed by atoms with Crippen LogP contribution in [0.25, 0.3) is 0 Å². The molecule has 5 heteroatoms. The zero-order valence-electron chi connectivity index (χ0n) is 10.9. The Bertz CT molecular complexity index is 448. The molecule has 0 bridgehead atoms. The van der Waals surface area contributed by atoms with E-state index in [0.717, 1.165) is 43.1 Å². The van der Waals surface area contributed by atoms with Crippen LogP contribution in [0.5, 0.6) is 0 Å². The molecule has 1 aromatic rings. The van der Waals surface area contributed by atoms with E-state index in [1.165, 1.54) is 0 Å². The van der Waals surface area contributed by atoms with Gasteiger partial charge in [-0.1, -0.05) is 6.92 Å². The molecule has 1 atom stereocenters. The number of aliphatic carboxylic acids is 1. The predicted octanol–water partition coefficient (Wildman–Crippen LogP) is 1.79. The fourth-order valence-corrected chi connectivity index (χ4v) is 2.47. The fraction of sp³-hybridized carbons (Fsp3) is 0.615. The molecule has 98 valence electrons. The smallest absolute Gasteiger partial charge is 0.305 e. The summed E-state index contributed by atoms with van der Waals surface area (Å²) in [6.07, 6.45) is 2.94. The van der Waals surface area contributed by atoms with Gasteiger partial charge in [-0.25, -0.2) is 9.97 Å². The Morgan fingerprint density at radius 1 is 1.56 bits per heavy atom.